The van der Waals surface area contributed by atoms with E-state index >= 15 is 0 Å². The first-order valence-corrected chi connectivity index (χ1v) is 13.2. The minimum atomic E-state index is -0.206. The molecule has 180 valence electrons. The summed E-state index contributed by atoms with van der Waals surface area (Å²) >= 11 is 5.67. The van der Waals surface area contributed by atoms with E-state index in [4.69, 9.17) is 9.47 Å². The number of benzene rings is 3. The number of nitrogens with zero attached hydrogens (tertiary/aromatic N) is 3. The van der Waals surface area contributed by atoms with E-state index in [9.17, 15) is 4.79 Å². The summed E-state index contributed by atoms with van der Waals surface area (Å²) in [6.45, 7) is 6.89. The van der Waals surface area contributed by atoms with E-state index in [1.165, 1.54) is 10.2 Å². The molecule has 4 rings (SSSR count). The second kappa shape index (κ2) is 11.3. The molecular weight excluding hydrogens is 621 g/mol. The molecule has 0 saturated carbocycles. The molecule has 0 radical (unpaired) electrons. The molecule has 0 bridgehead atoms. The molecule has 1 aromatic heterocycles. The van der Waals surface area contributed by atoms with Crippen LogP contribution in [-0.2, 0) is 13.0 Å². The van der Waals surface area contributed by atoms with Gasteiger partial charge in [-0.05, 0) is 77.9 Å². The van der Waals surface area contributed by atoms with E-state index < -0.39 is 0 Å². The summed E-state index contributed by atoms with van der Waals surface area (Å²) in [7, 11) is 0. The third-order valence-corrected chi connectivity index (χ3v) is 6.61. The molecule has 0 aliphatic rings. The Kier molecular flexibility index (Phi) is 8.22. The fraction of sp³-hybridized carbons (Fsp3) is 0.222. The minimum Gasteiger partial charge on any atom is -0.490 e. The van der Waals surface area contributed by atoms with Gasteiger partial charge in [0.25, 0.3) is 5.56 Å². The van der Waals surface area contributed by atoms with Crippen LogP contribution < -0.4 is 15.0 Å². The third kappa shape index (κ3) is 5.92. The quantitative estimate of drug-likeness (QED) is 0.162. The second-order valence-electron chi connectivity index (χ2n) is 7.95. The van der Waals surface area contributed by atoms with Crippen molar-refractivity contribution in [2.24, 2.45) is 5.10 Å². The number of halogens is 2. The van der Waals surface area contributed by atoms with Crippen LogP contribution in [0, 0.1) is 10.5 Å². The maximum atomic E-state index is 13.2. The highest BCUT2D eigenvalue weighted by Gasteiger charge is 2.13. The van der Waals surface area contributed by atoms with Crippen LogP contribution in [0.25, 0.3) is 10.9 Å². The molecule has 4 aromatic rings. The molecule has 0 unspecified atom stereocenters. The molecule has 0 fully saturated rings. The van der Waals surface area contributed by atoms with Crippen molar-refractivity contribution in [3.63, 3.8) is 0 Å². The summed E-state index contributed by atoms with van der Waals surface area (Å²) < 4.78 is 15.1. The van der Waals surface area contributed by atoms with Crippen molar-refractivity contribution >= 4 is 55.6 Å². The van der Waals surface area contributed by atoms with E-state index in [0.29, 0.717) is 47.9 Å². The fourth-order valence-corrected chi connectivity index (χ4v) is 4.83. The Balaban J connectivity index is 1.68. The zero-order valence-electron chi connectivity index (χ0n) is 19.7. The highest BCUT2D eigenvalue weighted by atomic mass is 127. The number of fused-ring (bicyclic) bond motifs is 1. The molecule has 8 heteroatoms. The van der Waals surface area contributed by atoms with E-state index in [1.807, 2.05) is 50.2 Å². The van der Waals surface area contributed by atoms with Crippen LogP contribution in [0.2, 0.25) is 0 Å². The van der Waals surface area contributed by atoms with Gasteiger partial charge in [0.1, 0.15) is 12.4 Å². The lowest BCUT2D eigenvalue weighted by molar-refractivity contribution is 0.267. The standard InChI is InChI=1S/C27H25BrIN3O3/c1-4-25-31-23-10-9-20(28)14-21(23)27(33)32(25)30-15-19-12-22(29)26(24(13-19)34-5-2)35-16-18-8-6-7-17(3)11-18/h6-15H,4-5,16H2,1-3H3. The zero-order chi connectivity index (χ0) is 24.9. The first-order valence-electron chi connectivity index (χ1n) is 11.3. The number of hydrogen-bond donors (Lipinski definition) is 0. The first-order chi connectivity index (χ1) is 16.9. The van der Waals surface area contributed by atoms with Crippen molar-refractivity contribution in [2.45, 2.75) is 33.8 Å². The van der Waals surface area contributed by atoms with Crippen LogP contribution in [0.1, 0.15) is 36.4 Å². The number of ether oxygens (including phenoxy) is 2. The molecule has 0 amide bonds. The Hall–Kier alpha value is -2.72. The van der Waals surface area contributed by atoms with Gasteiger partial charge in [-0.25, -0.2) is 4.98 Å². The van der Waals surface area contributed by atoms with Gasteiger partial charge in [-0.15, -0.1) is 0 Å². The fourth-order valence-electron chi connectivity index (χ4n) is 3.69. The van der Waals surface area contributed by atoms with Crippen LogP contribution >= 0.6 is 38.5 Å². The Labute approximate surface area is 226 Å². The number of aromatic nitrogens is 2. The van der Waals surface area contributed by atoms with Crippen molar-refractivity contribution in [1.82, 2.24) is 9.66 Å². The van der Waals surface area contributed by atoms with Gasteiger partial charge in [-0.1, -0.05) is 52.7 Å². The van der Waals surface area contributed by atoms with E-state index in [-0.39, 0.29) is 5.56 Å². The summed E-state index contributed by atoms with van der Waals surface area (Å²) in [5.74, 6) is 1.92. The highest BCUT2D eigenvalue weighted by molar-refractivity contribution is 14.1. The molecule has 6 nitrogen and oxygen atoms in total. The van der Waals surface area contributed by atoms with Crippen molar-refractivity contribution in [2.75, 3.05) is 6.61 Å². The van der Waals surface area contributed by atoms with E-state index in [1.54, 1.807) is 12.3 Å². The third-order valence-electron chi connectivity index (χ3n) is 5.31. The second-order valence-corrected chi connectivity index (χ2v) is 10.0. The highest BCUT2D eigenvalue weighted by Crippen LogP contribution is 2.34. The van der Waals surface area contributed by atoms with Gasteiger partial charge >= 0.3 is 0 Å². The Morgan fingerprint density at radius 2 is 1.94 bits per heavy atom. The predicted octanol–water partition coefficient (Wildman–Crippen LogP) is 6.49. The van der Waals surface area contributed by atoms with Crippen LogP contribution in [0.4, 0.5) is 0 Å². The van der Waals surface area contributed by atoms with Crippen molar-refractivity contribution in [1.29, 1.82) is 0 Å². The van der Waals surface area contributed by atoms with Crippen LogP contribution in [-0.4, -0.2) is 22.5 Å². The van der Waals surface area contributed by atoms with Gasteiger partial charge < -0.3 is 9.47 Å². The van der Waals surface area contributed by atoms with Gasteiger partial charge in [0.15, 0.2) is 11.5 Å². The topological polar surface area (TPSA) is 65.7 Å². The van der Waals surface area contributed by atoms with Gasteiger partial charge in [0.05, 0.1) is 27.3 Å². The number of aryl methyl sites for hydroxylation is 2. The van der Waals surface area contributed by atoms with E-state index in [2.05, 4.69) is 67.7 Å². The molecule has 0 aliphatic heterocycles. The normalized spacial score (nSPS) is 11.3. The molecule has 0 aliphatic carbocycles. The Morgan fingerprint density at radius 1 is 1.11 bits per heavy atom. The molecular formula is C27H25BrIN3O3. The van der Waals surface area contributed by atoms with Gasteiger partial charge in [0, 0.05) is 10.9 Å². The summed E-state index contributed by atoms with van der Waals surface area (Å²) in [6, 6.07) is 17.5. The molecule has 3 aromatic carbocycles. The van der Waals surface area contributed by atoms with Crippen LogP contribution in [0.15, 0.2) is 69.0 Å². The molecule has 0 N–H and O–H groups in total. The average Bonchev–Trinajstić information content (AvgIpc) is 2.83. The number of hydrogen-bond acceptors (Lipinski definition) is 5. The van der Waals surface area contributed by atoms with Crippen LogP contribution in [0.3, 0.4) is 0 Å². The van der Waals surface area contributed by atoms with Gasteiger partial charge in [0.2, 0.25) is 0 Å². The molecule has 35 heavy (non-hydrogen) atoms. The molecule has 0 saturated heterocycles. The minimum absolute atomic E-state index is 0.206. The van der Waals surface area contributed by atoms with Gasteiger partial charge in [-0.3, -0.25) is 4.79 Å². The molecule has 0 atom stereocenters. The zero-order valence-corrected chi connectivity index (χ0v) is 23.5. The SMILES string of the molecule is CCOc1cc(C=Nn2c(CC)nc3ccc(Br)cc3c2=O)cc(I)c1OCc1cccc(C)c1. The number of rotatable bonds is 8. The summed E-state index contributed by atoms with van der Waals surface area (Å²) in [6.07, 6.45) is 2.23. The average molecular weight is 646 g/mol. The van der Waals surface area contributed by atoms with Crippen molar-refractivity contribution < 1.29 is 9.47 Å². The summed E-state index contributed by atoms with van der Waals surface area (Å²) in [5, 5.41) is 5.02. The first kappa shape index (κ1) is 25.4. The lowest BCUT2D eigenvalue weighted by Crippen LogP contribution is -2.22. The van der Waals surface area contributed by atoms with Crippen molar-refractivity contribution in [3.8, 4) is 11.5 Å². The largest absolute Gasteiger partial charge is 0.490 e. The molecule has 1 heterocycles. The van der Waals surface area contributed by atoms with Gasteiger partial charge in [-0.2, -0.15) is 9.78 Å². The lowest BCUT2D eigenvalue weighted by Gasteiger charge is -2.15. The maximum absolute atomic E-state index is 13.2. The summed E-state index contributed by atoms with van der Waals surface area (Å²) in [5.41, 5.74) is 3.53. The lowest BCUT2D eigenvalue weighted by atomic mass is 10.1. The van der Waals surface area contributed by atoms with Crippen LogP contribution in [0.5, 0.6) is 11.5 Å². The maximum Gasteiger partial charge on any atom is 0.282 e. The summed E-state index contributed by atoms with van der Waals surface area (Å²) in [4.78, 5) is 17.8. The van der Waals surface area contributed by atoms with E-state index in [0.717, 1.165) is 19.2 Å². The van der Waals surface area contributed by atoms with Crippen molar-refractivity contribution in [3.05, 3.63) is 95.5 Å². The smallest absolute Gasteiger partial charge is 0.282 e. The Morgan fingerprint density at radius 3 is 2.69 bits per heavy atom. The predicted molar refractivity (Wildman–Crippen MR) is 152 cm³/mol. The Bertz CT molecular complexity index is 1470. The monoisotopic (exact) mass is 645 g/mol. The molecule has 0 spiro atoms.